The molecular formula is C19H20FN3O2. The van der Waals surface area contributed by atoms with Crippen molar-refractivity contribution in [2.75, 3.05) is 13.1 Å². The summed E-state index contributed by atoms with van der Waals surface area (Å²) in [6.07, 6.45) is 3.92. The van der Waals surface area contributed by atoms with Crippen molar-refractivity contribution in [1.82, 2.24) is 14.9 Å². The fraction of sp³-hybridized carbons (Fsp3) is 0.421. The lowest BCUT2D eigenvalue weighted by atomic mass is 9.87. The first-order chi connectivity index (χ1) is 12.1. The molecule has 1 aromatic heterocycles. The van der Waals surface area contributed by atoms with Gasteiger partial charge in [0.05, 0.1) is 31.8 Å². The van der Waals surface area contributed by atoms with Crippen LogP contribution in [0.3, 0.4) is 0 Å². The van der Waals surface area contributed by atoms with Gasteiger partial charge in [0, 0.05) is 18.2 Å². The van der Waals surface area contributed by atoms with Gasteiger partial charge >= 0.3 is 0 Å². The maximum atomic E-state index is 13.2. The molecule has 1 spiro atoms. The number of benzene rings is 1. The molecule has 1 amide bonds. The van der Waals surface area contributed by atoms with Crippen molar-refractivity contribution in [1.29, 1.82) is 0 Å². The summed E-state index contributed by atoms with van der Waals surface area (Å²) in [5.74, 6) is 0.510. The third kappa shape index (κ3) is 2.91. The second kappa shape index (κ2) is 6.19. The minimum atomic E-state index is -0.461. The van der Waals surface area contributed by atoms with Crippen LogP contribution in [0.15, 0.2) is 30.5 Å². The quantitative estimate of drug-likeness (QED) is 0.857. The summed E-state index contributed by atoms with van der Waals surface area (Å²) < 4.78 is 19.2. The van der Waals surface area contributed by atoms with Gasteiger partial charge in [0.25, 0.3) is 0 Å². The number of aromatic nitrogens is 2. The zero-order valence-corrected chi connectivity index (χ0v) is 14.2. The first-order valence-electron chi connectivity index (χ1n) is 8.61. The number of aryl methyl sites for hydroxylation is 1. The molecule has 1 fully saturated rings. The lowest BCUT2D eigenvalue weighted by molar-refractivity contribution is -0.168. The number of amides is 1. The Hall–Kier alpha value is -2.34. The molecule has 6 heteroatoms. The van der Waals surface area contributed by atoms with E-state index >= 15 is 0 Å². The van der Waals surface area contributed by atoms with E-state index in [1.165, 1.54) is 12.1 Å². The maximum absolute atomic E-state index is 13.2. The van der Waals surface area contributed by atoms with Crippen molar-refractivity contribution in [3.8, 4) is 0 Å². The third-order valence-electron chi connectivity index (χ3n) is 4.86. The Morgan fingerprint density at radius 1 is 1.40 bits per heavy atom. The molecule has 2 aliphatic heterocycles. The lowest BCUT2D eigenvalue weighted by Crippen LogP contribution is -2.61. The molecule has 4 rings (SSSR count). The summed E-state index contributed by atoms with van der Waals surface area (Å²) >= 11 is 0. The Morgan fingerprint density at radius 3 is 3.00 bits per heavy atom. The second-order valence-corrected chi connectivity index (χ2v) is 6.74. The molecule has 2 aromatic rings. The van der Waals surface area contributed by atoms with Crippen LogP contribution in [-0.2, 0) is 34.6 Å². The summed E-state index contributed by atoms with van der Waals surface area (Å²) in [7, 11) is 0. The number of halogens is 1. The van der Waals surface area contributed by atoms with Crippen LogP contribution in [-0.4, -0.2) is 33.9 Å². The number of hydrogen-bond acceptors (Lipinski definition) is 4. The molecule has 1 aromatic carbocycles. The molecule has 0 unspecified atom stereocenters. The number of likely N-dealkylation sites (tertiary alicyclic amines) is 1. The molecule has 5 nitrogen and oxygen atoms in total. The van der Waals surface area contributed by atoms with Crippen LogP contribution < -0.4 is 0 Å². The van der Waals surface area contributed by atoms with Gasteiger partial charge in [-0.25, -0.2) is 14.4 Å². The smallest absolute Gasteiger partial charge is 0.227 e. The number of hydrogen-bond donors (Lipinski definition) is 0. The van der Waals surface area contributed by atoms with Gasteiger partial charge in [0.15, 0.2) is 0 Å². The average Bonchev–Trinajstić information content (AvgIpc) is 2.92. The predicted octanol–water partition coefficient (Wildman–Crippen LogP) is 2.38. The van der Waals surface area contributed by atoms with E-state index < -0.39 is 5.60 Å². The maximum Gasteiger partial charge on any atom is 0.227 e. The zero-order valence-electron chi connectivity index (χ0n) is 14.2. The van der Waals surface area contributed by atoms with Gasteiger partial charge in [-0.1, -0.05) is 19.1 Å². The van der Waals surface area contributed by atoms with E-state index in [4.69, 9.17) is 4.74 Å². The highest BCUT2D eigenvalue weighted by Gasteiger charge is 2.52. The number of nitrogens with zero attached hydrogens (tertiary/aromatic N) is 3. The second-order valence-electron chi connectivity index (χ2n) is 6.74. The van der Waals surface area contributed by atoms with Crippen LogP contribution in [0.2, 0.25) is 0 Å². The molecule has 0 atom stereocenters. The van der Waals surface area contributed by atoms with E-state index in [0.717, 1.165) is 29.9 Å². The number of carbonyl (C=O) groups is 1. The molecule has 25 heavy (non-hydrogen) atoms. The van der Waals surface area contributed by atoms with Gasteiger partial charge in [-0.05, 0) is 24.1 Å². The number of rotatable bonds is 4. The van der Waals surface area contributed by atoms with Crippen LogP contribution in [0.5, 0.6) is 0 Å². The van der Waals surface area contributed by atoms with Crippen molar-refractivity contribution < 1.29 is 13.9 Å². The van der Waals surface area contributed by atoms with Crippen molar-refractivity contribution in [2.45, 2.75) is 38.4 Å². The van der Waals surface area contributed by atoms with Crippen LogP contribution in [0.1, 0.15) is 36.0 Å². The van der Waals surface area contributed by atoms with Gasteiger partial charge < -0.3 is 9.64 Å². The average molecular weight is 341 g/mol. The van der Waals surface area contributed by atoms with E-state index in [1.54, 1.807) is 17.0 Å². The zero-order chi connectivity index (χ0) is 17.4. The Kier molecular flexibility index (Phi) is 4.00. The molecular weight excluding hydrogens is 321 g/mol. The lowest BCUT2D eigenvalue weighted by Gasteiger charge is -2.47. The number of carbonyl (C=O) groups excluding carboxylic acids is 1. The standard InChI is InChI=1S/C19H20FN3O2/c1-2-4-17-21-9-15-16(22-17)10-25-19(15)11-23(12-19)18(24)8-13-5-3-6-14(20)7-13/h3,5-7,9H,2,4,8,10-12H2,1H3. The fourth-order valence-corrected chi connectivity index (χ4v) is 3.52. The molecule has 130 valence electrons. The van der Waals surface area contributed by atoms with Crippen molar-refractivity contribution in [3.05, 3.63) is 58.9 Å². The third-order valence-corrected chi connectivity index (χ3v) is 4.86. The van der Waals surface area contributed by atoms with Gasteiger partial charge in [-0.15, -0.1) is 0 Å². The van der Waals surface area contributed by atoms with Crippen molar-refractivity contribution in [2.24, 2.45) is 0 Å². The van der Waals surface area contributed by atoms with E-state index in [0.29, 0.717) is 25.3 Å². The van der Waals surface area contributed by atoms with Crippen molar-refractivity contribution in [3.63, 3.8) is 0 Å². The minimum Gasteiger partial charge on any atom is -0.360 e. The molecule has 0 saturated carbocycles. The first kappa shape index (κ1) is 16.1. The van der Waals surface area contributed by atoms with Crippen LogP contribution in [0.25, 0.3) is 0 Å². The first-order valence-corrected chi connectivity index (χ1v) is 8.61. The Balaban J connectivity index is 1.43. The van der Waals surface area contributed by atoms with Crippen molar-refractivity contribution >= 4 is 5.91 Å². The Morgan fingerprint density at radius 2 is 2.24 bits per heavy atom. The molecule has 0 radical (unpaired) electrons. The Labute approximate surface area is 145 Å². The molecule has 0 aliphatic carbocycles. The van der Waals surface area contributed by atoms with Gasteiger partial charge in [0.1, 0.15) is 17.2 Å². The molecule has 2 aliphatic rings. The summed E-state index contributed by atoms with van der Waals surface area (Å²) in [4.78, 5) is 23.2. The highest BCUT2D eigenvalue weighted by molar-refractivity contribution is 5.80. The molecule has 3 heterocycles. The molecule has 0 N–H and O–H groups in total. The van der Waals surface area contributed by atoms with Crippen LogP contribution >= 0.6 is 0 Å². The molecule has 1 saturated heterocycles. The van der Waals surface area contributed by atoms with Gasteiger partial charge in [-0.3, -0.25) is 4.79 Å². The van der Waals surface area contributed by atoms with E-state index in [2.05, 4.69) is 16.9 Å². The largest absolute Gasteiger partial charge is 0.360 e. The fourth-order valence-electron chi connectivity index (χ4n) is 3.52. The van der Waals surface area contributed by atoms with Gasteiger partial charge in [-0.2, -0.15) is 0 Å². The normalized spacial score (nSPS) is 17.4. The summed E-state index contributed by atoms with van der Waals surface area (Å²) in [6.45, 7) is 3.58. The monoisotopic (exact) mass is 341 g/mol. The van der Waals surface area contributed by atoms with Crippen LogP contribution in [0, 0.1) is 5.82 Å². The van der Waals surface area contributed by atoms with E-state index in [1.807, 2.05) is 6.20 Å². The van der Waals surface area contributed by atoms with Gasteiger partial charge in [0.2, 0.25) is 5.91 Å². The minimum absolute atomic E-state index is 0.0169. The summed E-state index contributed by atoms with van der Waals surface area (Å²) in [5.41, 5.74) is 2.17. The Bertz CT molecular complexity index is 818. The number of ether oxygens (including phenoxy) is 1. The highest BCUT2D eigenvalue weighted by atomic mass is 19.1. The SMILES string of the molecule is CCCc1ncc2c(n1)COC21CN(C(=O)Cc2cccc(F)c2)C1. The predicted molar refractivity (Wildman–Crippen MR) is 89.2 cm³/mol. The number of fused-ring (bicyclic) bond motifs is 2. The summed E-state index contributed by atoms with van der Waals surface area (Å²) in [5, 5.41) is 0. The summed E-state index contributed by atoms with van der Waals surface area (Å²) in [6, 6.07) is 6.17. The topological polar surface area (TPSA) is 55.3 Å². The van der Waals surface area contributed by atoms with Crippen LogP contribution in [0.4, 0.5) is 4.39 Å². The van der Waals surface area contributed by atoms with E-state index in [-0.39, 0.29) is 18.1 Å². The van der Waals surface area contributed by atoms with E-state index in [9.17, 15) is 9.18 Å². The molecule has 0 bridgehead atoms. The highest BCUT2D eigenvalue weighted by Crippen LogP contribution is 2.42.